The van der Waals surface area contributed by atoms with Crippen LogP contribution in [0.1, 0.15) is 41.9 Å². The number of nitrogens with zero attached hydrogens (tertiary/aromatic N) is 4. The first-order chi connectivity index (χ1) is 18.9. The number of pyridine rings is 1. The SMILES string of the molecule is CCCOc1ccc(C2C(=C(O)c3c(C)nc4ccccn34)C(=O)C(=O)N2c2nc3ccc(C)cc3s2)cc1. The van der Waals surface area contributed by atoms with Gasteiger partial charge in [-0.1, -0.05) is 42.5 Å². The number of aliphatic hydroxyl groups excluding tert-OH is 1. The van der Waals surface area contributed by atoms with Gasteiger partial charge in [0.2, 0.25) is 0 Å². The molecule has 1 fully saturated rings. The Bertz CT molecular complexity index is 1780. The number of anilines is 1. The average Bonchev–Trinajstić information content (AvgIpc) is 3.58. The molecule has 39 heavy (non-hydrogen) atoms. The number of fused-ring (bicyclic) bond motifs is 2. The molecule has 1 aliphatic heterocycles. The predicted octanol–water partition coefficient (Wildman–Crippen LogP) is 5.98. The molecule has 8 nitrogen and oxygen atoms in total. The van der Waals surface area contributed by atoms with Gasteiger partial charge in [-0.25, -0.2) is 9.97 Å². The van der Waals surface area contributed by atoms with Crippen LogP contribution in [0.3, 0.4) is 0 Å². The molecule has 1 unspecified atom stereocenters. The van der Waals surface area contributed by atoms with Gasteiger partial charge < -0.3 is 9.84 Å². The second kappa shape index (κ2) is 9.67. The number of hydrogen-bond acceptors (Lipinski definition) is 7. The lowest BCUT2D eigenvalue weighted by molar-refractivity contribution is -0.132. The Morgan fingerprint density at radius 2 is 1.85 bits per heavy atom. The molecule has 1 N–H and O–H groups in total. The molecular formula is C30H26N4O4S. The normalized spacial score (nSPS) is 17.0. The Kier molecular flexibility index (Phi) is 6.15. The minimum absolute atomic E-state index is 0.00795. The maximum atomic E-state index is 13.6. The van der Waals surface area contributed by atoms with Crippen LogP contribution in [0.4, 0.5) is 5.13 Å². The van der Waals surface area contributed by atoms with E-state index in [4.69, 9.17) is 9.72 Å². The fourth-order valence-corrected chi connectivity index (χ4v) is 6.05. The zero-order chi connectivity index (χ0) is 27.3. The lowest BCUT2D eigenvalue weighted by Gasteiger charge is -2.23. The number of ketones is 1. The first-order valence-corrected chi connectivity index (χ1v) is 13.5. The Morgan fingerprint density at radius 3 is 2.62 bits per heavy atom. The molecule has 1 amide bonds. The fraction of sp³-hybridized carbons (Fsp3) is 0.200. The molecule has 4 heterocycles. The number of aromatic nitrogens is 3. The van der Waals surface area contributed by atoms with Gasteiger partial charge in [0, 0.05) is 6.20 Å². The van der Waals surface area contributed by atoms with Gasteiger partial charge in [0.25, 0.3) is 5.78 Å². The van der Waals surface area contributed by atoms with E-state index in [1.165, 1.54) is 16.2 Å². The highest BCUT2D eigenvalue weighted by molar-refractivity contribution is 7.22. The number of Topliss-reactive ketones (excluding diaryl/α,β-unsaturated/α-hetero) is 1. The van der Waals surface area contributed by atoms with E-state index in [1.807, 2.05) is 74.5 Å². The maximum Gasteiger partial charge on any atom is 0.301 e. The van der Waals surface area contributed by atoms with Gasteiger partial charge in [-0.05, 0) is 67.8 Å². The van der Waals surface area contributed by atoms with Crippen molar-refractivity contribution in [1.29, 1.82) is 0 Å². The molecule has 2 aromatic carbocycles. The molecule has 0 spiro atoms. The molecule has 0 aliphatic carbocycles. The van der Waals surface area contributed by atoms with E-state index in [-0.39, 0.29) is 11.3 Å². The standard InChI is InChI=1S/C30H26N4O4S/c1-4-15-38-20-11-9-19(10-12-20)26-24(27(35)25-18(3)31-23-7-5-6-14-33(23)25)28(36)29(37)34(26)30-32-21-13-8-17(2)16-22(21)39-30/h5-14,16,26,35H,4,15H2,1-3H3. The highest BCUT2D eigenvalue weighted by Gasteiger charge is 2.48. The number of aliphatic hydroxyl groups is 1. The second-order valence-electron chi connectivity index (χ2n) is 9.53. The van der Waals surface area contributed by atoms with Crippen LogP contribution in [-0.4, -0.2) is 37.8 Å². The topological polar surface area (TPSA) is 97.0 Å². The Morgan fingerprint density at radius 1 is 1.05 bits per heavy atom. The van der Waals surface area contributed by atoms with Crippen molar-refractivity contribution in [2.24, 2.45) is 0 Å². The van der Waals surface area contributed by atoms with Gasteiger partial charge >= 0.3 is 5.91 Å². The third kappa shape index (κ3) is 4.15. The van der Waals surface area contributed by atoms with Gasteiger partial charge in [-0.3, -0.25) is 18.9 Å². The van der Waals surface area contributed by atoms with Crippen LogP contribution in [-0.2, 0) is 9.59 Å². The summed E-state index contributed by atoms with van der Waals surface area (Å²) in [5.41, 5.74) is 4.00. The molecule has 1 aliphatic rings. The van der Waals surface area contributed by atoms with Crippen molar-refractivity contribution in [2.45, 2.75) is 33.2 Å². The highest BCUT2D eigenvalue weighted by Crippen LogP contribution is 2.45. The summed E-state index contributed by atoms with van der Waals surface area (Å²) in [7, 11) is 0. The first kappa shape index (κ1) is 24.8. The smallest absolute Gasteiger partial charge is 0.301 e. The molecule has 6 rings (SSSR count). The van der Waals surface area contributed by atoms with Crippen LogP contribution in [0.2, 0.25) is 0 Å². The summed E-state index contributed by atoms with van der Waals surface area (Å²) < 4.78 is 8.37. The first-order valence-electron chi connectivity index (χ1n) is 12.7. The summed E-state index contributed by atoms with van der Waals surface area (Å²) in [6.45, 7) is 6.37. The molecule has 5 aromatic rings. The van der Waals surface area contributed by atoms with E-state index < -0.39 is 17.7 Å². The van der Waals surface area contributed by atoms with Gasteiger partial charge in [0.05, 0.1) is 34.1 Å². The summed E-state index contributed by atoms with van der Waals surface area (Å²) in [5.74, 6) is -1.11. The Hall–Kier alpha value is -4.50. The molecule has 1 saturated heterocycles. The van der Waals surface area contributed by atoms with E-state index in [0.29, 0.717) is 40.1 Å². The molecule has 9 heteroatoms. The minimum Gasteiger partial charge on any atom is -0.505 e. The Balaban J connectivity index is 1.56. The fourth-order valence-electron chi connectivity index (χ4n) is 4.96. The number of thiazole rings is 1. The van der Waals surface area contributed by atoms with E-state index in [0.717, 1.165) is 22.2 Å². The summed E-state index contributed by atoms with van der Waals surface area (Å²) in [5, 5.41) is 12.1. The average molecular weight is 539 g/mol. The lowest BCUT2D eigenvalue weighted by atomic mass is 9.96. The number of ether oxygens (including phenoxy) is 1. The molecule has 0 saturated carbocycles. The summed E-state index contributed by atoms with van der Waals surface area (Å²) in [6.07, 6.45) is 2.64. The number of hydrogen-bond donors (Lipinski definition) is 1. The van der Waals surface area contributed by atoms with Crippen LogP contribution in [0, 0.1) is 13.8 Å². The number of carbonyl (C=O) groups excluding carboxylic acids is 2. The summed E-state index contributed by atoms with van der Waals surface area (Å²) in [4.78, 5) is 37.9. The summed E-state index contributed by atoms with van der Waals surface area (Å²) in [6, 6.07) is 17.7. The lowest BCUT2D eigenvalue weighted by Crippen LogP contribution is -2.29. The number of aryl methyl sites for hydroxylation is 2. The largest absolute Gasteiger partial charge is 0.505 e. The Labute approximate surface area is 228 Å². The number of carbonyl (C=O) groups is 2. The van der Waals surface area contributed by atoms with Crippen molar-refractivity contribution in [1.82, 2.24) is 14.4 Å². The van der Waals surface area contributed by atoms with Crippen molar-refractivity contribution in [3.8, 4) is 5.75 Å². The van der Waals surface area contributed by atoms with Gasteiger partial charge in [-0.2, -0.15) is 0 Å². The predicted molar refractivity (Wildman–Crippen MR) is 151 cm³/mol. The number of amides is 1. The second-order valence-corrected chi connectivity index (χ2v) is 10.5. The molecule has 1 atom stereocenters. The van der Waals surface area contributed by atoms with Gasteiger partial charge in [0.1, 0.15) is 17.1 Å². The van der Waals surface area contributed by atoms with Gasteiger partial charge in [0.15, 0.2) is 10.9 Å². The molecule has 0 bridgehead atoms. The number of benzene rings is 2. The third-order valence-corrected chi connectivity index (χ3v) is 7.80. The van der Waals surface area contributed by atoms with Crippen LogP contribution >= 0.6 is 11.3 Å². The molecule has 196 valence electrons. The zero-order valence-corrected chi connectivity index (χ0v) is 22.5. The monoisotopic (exact) mass is 538 g/mol. The van der Waals surface area contributed by atoms with Crippen molar-refractivity contribution < 1.29 is 19.4 Å². The van der Waals surface area contributed by atoms with Gasteiger partial charge in [-0.15, -0.1) is 0 Å². The zero-order valence-electron chi connectivity index (χ0n) is 21.7. The number of imidazole rings is 1. The quantitative estimate of drug-likeness (QED) is 0.162. The molecule has 0 radical (unpaired) electrons. The van der Waals surface area contributed by atoms with E-state index in [9.17, 15) is 14.7 Å². The van der Waals surface area contributed by atoms with Crippen molar-refractivity contribution in [3.05, 3.63) is 94.9 Å². The molecule has 3 aromatic heterocycles. The maximum absolute atomic E-state index is 13.6. The van der Waals surface area contributed by atoms with Crippen molar-refractivity contribution >= 4 is 49.8 Å². The number of rotatable bonds is 6. The van der Waals surface area contributed by atoms with Crippen LogP contribution in [0.5, 0.6) is 5.75 Å². The third-order valence-electron chi connectivity index (χ3n) is 6.78. The van der Waals surface area contributed by atoms with E-state index >= 15 is 0 Å². The van der Waals surface area contributed by atoms with Crippen LogP contribution < -0.4 is 9.64 Å². The van der Waals surface area contributed by atoms with E-state index in [1.54, 1.807) is 17.5 Å². The minimum atomic E-state index is -0.888. The van der Waals surface area contributed by atoms with E-state index in [2.05, 4.69) is 4.98 Å². The summed E-state index contributed by atoms with van der Waals surface area (Å²) >= 11 is 1.34. The molecular weight excluding hydrogens is 512 g/mol. The van der Waals surface area contributed by atoms with Crippen molar-refractivity contribution in [2.75, 3.05) is 11.5 Å². The highest BCUT2D eigenvalue weighted by atomic mass is 32.1. The van der Waals surface area contributed by atoms with Crippen LogP contribution in [0.15, 0.2) is 72.4 Å². The van der Waals surface area contributed by atoms with Crippen molar-refractivity contribution in [3.63, 3.8) is 0 Å². The van der Waals surface area contributed by atoms with Crippen LogP contribution in [0.25, 0.3) is 21.6 Å².